The average Bonchev–Trinajstić information content (AvgIpc) is 3.07. The van der Waals surface area contributed by atoms with Gasteiger partial charge in [0.05, 0.1) is 5.92 Å². The van der Waals surface area contributed by atoms with Gasteiger partial charge in [-0.1, -0.05) is 37.6 Å². The number of aliphatic carboxylic acids is 1. The van der Waals surface area contributed by atoms with Gasteiger partial charge in [-0.3, -0.25) is 4.79 Å². The van der Waals surface area contributed by atoms with E-state index in [9.17, 15) is 4.79 Å². The molecule has 2 rings (SSSR count). The first kappa shape index (κ1) is 11.2. The van der Waals surface area contributed by atoms with Crippen LogP contribution in [-0.4, -0.2) is 11.1 Å². The maximum absolute atomic E-state index is 10.8. The summed E-state index contributed by atoms with van der Waals surface area (Å²) in [5.41, 5.74) is 2.55. The number of rotatable bonds is 5. The van der Waals surface area contributed by atoms with Crippen molar-refractivity contribution in [1.29, 1.82) is 0 Å². The van der Waals surface area contributed by atoms with E-state index in [4.69, 9.17) is 5.11 Å². The fourth-order valence-corrected chi connectivity index (χ4v) is 2.15. The van der Waals surface area contributed by atoms with Crippen LogP contribution in [0.4, 0.5) is 0 Å². The SMILES string of the molecule is CCCCc1ccc(C2CC2C(=O)O)cc1. The van der Waals surface area contributed by atoms with Crippen molar-refractivity contribution >= 4 is 5.97 Å². The maximum Gasteiger partial charge on any atom is 0.307 e. The van der Waals surface area contributed by atoms with Crippen LogP contribution in [0.2, 0.25) is 0 Å². The highest BCUT2D eigenvalue weighted by Gasteiger charge is 2.43. The first-order valence-electron chi connectivity index (χ1n) is 6.04. The zero-order valence-electron chi connectivity index (χ0n) is 9.65. The Morgan fingerprint density at radius 2 is 2.06 bits per heavy atom. The van der Waals surface area contributed by atoms with E-state index in [2.05, 4.69) is 31.2 Å². The number of hydrogen-bond acceptors (Lipinski definition) is 1. The molecule has 0 aromatic heterocycles. The van der Waals surface area contributed by atoms with Gasteiger partial charge in [-0.2, -0.15) is 0 Å². The van der Waals surface area contributed by atoms with E-state index in [0.717, 1.165) is 12.8 Å². The van der Waals surface area contributed by atoms with E-state index in [1.165, 1.54) is 24.0 Å². The summed E-state index contributed by atoms with van der Waals surface area (Å²) in [5, 5.41) is 8.86. The van der Waals surface area contributed by atoms with Gasteiger partial charge in [0.25, 0.3) is 0 Å². The largest absolute Gasteiger partial charge is 0.481 e. The summed E-state index contributed by atoms with van der Waals surface area (Å²) in [5.74, 6) is -0.528. The molecule has 1 fully saturated rings. The van der Waals surface area contributed by atoms with E-state index in [-0.39, 0.29) is 11.8 Å². The van der Waals surface area contributed by atoms with Crippen LogP contribution in [0.5, 0.6) is 0 Å². The summed E-state index contributed by atoms with van der Waals surface area (Å²) in [6.07, 6.45) is 4.37. The van der Waals surface area contributed by atoms with Gasteiger partial charge in [-0.25, -0.2) is 0 Å². The molecule has 0 spiro atoms. The summed E-state index contributed by atoms with van der Waals surface area (Å²) in [7, 11) is 0. The Morgan fingerprint density at radius 3 is 2.56 bits per heavy atom. The average molecular weight is 218 g/mol. The molecular weight excluding hydrogens is 200 g/mol. The summed E-state index contributed by atoms with van der Waals surface area (Å²) < 4.78 is 0. The van der Waals surface area contributed by atoms with E-state index < -0.39 is 5.97 Å². The normalized spacial score (nSPS) is 23.1. The van der Waals surface area contributed by atoms with E-state index in [1.54, 1.807) is 0 Å². The van der Waals surface area contributed by atoms with Crippen molar-refractivity contribution in [2.75, 3.05) is 0 Å². The number of carboxylic acids is 1. The molecule has 16 heavy (non-hydrogen) atoms. The third-order valence-electron chi connectivity index (χ3n) is 3.33. The molecule has 2 atom stereocenters. The van der Waals surface area contributed by atoms with Crippen LogP contribution in [0.25, 0.3) is 0 Å². The first-order chi connectivity index (χ1) is 7.72. The predicted octanol–water partition coefficient (Wildman–Crippen LogP) is 3.22. The Balaban J connectivity index is 1.95. The van der Waals surface area contributed by atoms with Gasteiger partial charge in [0.2, 0.25) is 0 Å². The van der Waals surface area contributed by atoms with Gasteiger partial charge < -0.3 is 5.11 Å². The Morgan fingerprint density at radius 1 is 1.38 bits per heavy atom. The minimum atomic E-state index is -0.653. The summed E-state index contributed by atoms with van der Waals surface area (Å²) in [6, 6.07) is 8.47. The minimum absolute atomic E-state index is 0.138. The van der Waals surface area contributed by atoms with Gasteiger partial charge in [0.1, 0.15) is 0 Å². The van der Waals surface area contributed by atoms with Gasteiger partial charge in [-0.15, -0.1) is 0 Å². The molecule has 1 N–H and O–H groups in total. The Labute approximate surface area is 96.3 Å². The number of carbonyl (C=O) groups is 1. The minimum Gasteiger partial charge on any atom is -0.481 e. The molecule has 2 heteroatoms. The van der Waals surface area contributed by atoms with Crippen molar-refractivity contribution in [3.05, 3.63) is 35.4 Å². The van der Waals surface area contributed by atoms with Crippen LogP contribution in [0, 0.1) is 5.92 Å². The van der Waals surface area contributed by atoms with Gasteiger partial charge in [-0.05, 0) is 36.3 Å². The zero-order valence-corrected chi connectivity index (χ0v) is 9.65. The Kier molecular flexibility index (Phi) is 3.28. The van der Waals surface area contributed by atoms with Crippen molar-refractivity contribution in [1.82, 2.24) is 0 Å². The predicted molar refractivity (Wildman–Crippen MR) is 63.5 cm³/mol. The van der Waals surface area contributed by atoms with E-state index >= 15 is 0 Å². The van der Waals surface area contributed by atoms with Crippen molar-refractivity contribution in [2.24, 2.45) is 5.92 Å². The molecule has 1 aliphatic carbocycles. The van der Waals surface area contributed by atoms with Crippen LogP contribution in [0.1, 0.15) is 43.2 Å². The second kappa shape index (κ2) is 4.69. The Bertz CT molecular complexity index is 367. The summed E-state index contributed by atoms with van der Waals surface area (Å²) in [6.45, 7) is 2.19. The van der Waals surface area contributed by atoms with Crippen LogP contribution >= 0.6 is 0 Å². The molecule has 0 bridgehead atoms. The number of hydrogen-bond donors (Lipinski definition) is 1. The standard InChI is InChI=1S/C14H18O2/c1-2-3-4-10-5-7-11(8-6-10)12-9-13(12)14(15)16/h5-8,12-13H,2-4,9H2,1H3,(H,15,16). The second-order valence-corrected chi connectivity index (χ2v) is 4.63. The van der Waals surface area contributed by atoms with Crippen LogP contribution in [0.15, 0.2) is 24.3 Å². The smallest absolute Gasteiger partial charge is 0.307 e. The monoisotopic (exact) mass is 218 g/mol. The summed E-state index contributed by atoms with van der Waals surface area (Å²) >= 11 is 0. The highest BCUT2D eigenvalue weighted by atomic mass is 16.4. The van der Waals surface area contributed by atoms with Crippen molar-refractivity contribution in [3.63, 3.8) is 0 Å². The van der Waals surface area contributed by atoms with Crippen LogP contribution in [0.3, 0.4) is 0 Å². The highest BCUT2D eigenvalue weighted by molar-refractivity contribution is 5.75. The van der Waals surface area contributed by atoms with Gasteiger partial charge in [0.15, 0.2) is 0 Å². The van der Waals surface area contributed by atoms with Crippen LogP contribution < -0.4 is 0 Å². The molecule has 1 aromatic rings. The number of aryl methyl sites for hydroxylation is 1. The molecule has 2 unspecified atom stereocenters. The number of carboxylic acid groups (broad SMARTS) is 1. The second-order valence-electron chi connectivity index (χ2n) is 4.63. The lowest BCUT2D eigenvalue weighted by Gasteiger charge is -2.02. The van der Waals surface area contributed by atoms with E-state index in [1.807, 2.05) is 0 Å². The van der Waals surface area contributed by atoms with Crippen molar-refractivity contribution in [3.8, 4) is 0 Å². The van der Waals surface area contributed by atoms with Crippen molar-refractivity contribution in [2.45, 2.75) is 38.5 Å². The highest BCUT2D eigenvalue weighted by Crippen LogP contribution is 2.47. The van der Waals surface area contributed by atoms with Gasteiger partial charge >= 0.3 is 5.97 Å². The molecule has 0 saturated heterocycles. The molecule has 1 aromatic carbocycles. The lowest BCUT2D eigenvalue weighted by atomic mass is 10.0. The van der Waals surface area contributed by atoms with Crippen molar-refractivity contribution < 1.29 is 9.90 Å². The molecule has 2 nitrogen and oxygen atoms in total. The molecule has 0 radical (unpaired) electrons. The molecule has 0 amide bonds. The third kappa shape index (κ3) is 2.43. The molecule has 1 saturated carbocycles. The molecule has 0 heterocycles. The number of benzene rings is 1. The Hall–Kier alpha value is -1.31. The fraction of sp³-hybridized carbons (Fsp3) is 0.500. The van der Waals surface area contributed by atoms with Gasteiger partial charge in [0, 0.05) is 0 Å². The molecule has 1 aliphatic rings. The first-order valence-corrected chi connectivity index (χ1v) is 6.04. The molecule has 86 valence electrons. The number of unbranched alkanes of at least 4 members (excludes halogenated alkanes) is 1. The molecular formula is C14H18O2. The zero-order chi connectivity index (χ0) is 11.5. The topological polar surface area (TPSA) is 37.3 Å². The molecule has 0 aliphatic heterocycles. The maximum atomic E-state index is 10.8. The quantitative estimate of drug-likeness (QED) is 0.824. The lowest BCUT2D eigenvalue weighted by molar-refractivity contribution is -0.138. The van der Waals surface area contributed by atoms with Crippen LogP contribution in [-0.2, 0) is 11.2 Å². The van der Waals surface area contributed by atoms with E-state index in [0.29, 0.717) is 0 Å². The fourth-order valence-electron chi connectivity index (χ4n) is 2.15. The lowest BCUT2D eigenvalue weighted by Crippen LogP contribution is -1.98. The summed E-state index contributed by atoms with van der Waals surface area (Å²) in [4.78, 5) is 10.8. The third-order valence-corrected chi connectivity index (χ3v) is 3.33.